The first kappa shape index (κ1) is 9.50. The molecule has 0 radical (unpaired) electrons. The molecule has 2 aromatic carbocycles. The van der Waals surface area contributed by atoms with Crippen molar-refractivity contribution < 1.29 is 0 Å². The van der Waals surface area contributed by atoms with Gasteiger partial charge in [0.2, 0.25) is 0 Å². The molecule has 15 heavy (non-hydrogen) atoms. The summed E-state index contributed by atoms with van der Waals surface area (Å²) in [5.41, 5.74) is 2.53. The molecule has 0 heterocycles. The van der Waals surface area contributed by atoms with E-state index in [1.165, 1.54) is 21.9 Å². The summed E-state index contributed by atoms with van der Waals surface area (Å²) in [5, 5.41) is 2.63. The monoisotopic (exact) mass is 236 g/mol. The third-order valence-electron chi connectivity index (χ3n) is 2.98. The summed E-state index contributed by atoms with van der Waals surface area (Å²) >= 11 is 12.5. The fourth-order valence-electron chi connectivity index (χ4n) is 2.42. The van der Waals surface area contributed by atoms with Crippen LogP contribution in [-0.2, 0) is 12.8 Å². The van der Waals surface area contributed by atoms with Crippen molar-refractivity contribution in [1.82, 2.24) is 0 Å². The number of hydrogen-bond acceptors (Lipinski definition) is 0. The van der Waals surface area contributed by atoms with E-state index in [4.69, 9.17) is 23.2 Å². The van der Waals surface area contributed by atoms with E-state index in [0.717, 1.165) is 12.8 Å². The molecule has 0 fully saturated rings. The maximum absolute atomic E-state index is 6.25. The van der Waals surface area contributed by atoms with Crippen LogP contribution in [0.1, 0.15) is 11.1 Å². The highest BCUT2D eigenvalue weighted by molar-refractivity contribution is 6.48. The van der Waals surface area contributed by atoms with Crippen molar-refractivity contribution in [3.8, 4) is 0 Å². The van der Waals surface area contributed by atoms with Crippen molar-refractivity contribution in [2.75, 3.05) is 0 Å². The van der Waals surface area contributed by atoms with Crippen LogP contribution in [0.3, 0.4) is 0 Å². The van der Waals surface area contributed by atoms with Crippen molar-refractivity contribution in [1.29, 1.82) is 0 Å². The van der Waals surface area contributed by atoms with Crippen LogP contribution in [-0.4, -0.2) is 4.33 Å². The largest absolute Gasteiger partial charge is 0.126 e. The second kappa shape index (κ2) is 3.13. The summed E-state index contributed by atoms with van der Waals surface area (Å²) in [7, 11) is 0. The van der Waals surface area contributed by atoms with Crippen LogP contribution >= 0.6 is 23.2 Å². The number of hydrogen-bond donors (Lipinski definition) is 0. The number of alkyl halides is 2. The van der Waals surface area contributed by atoms with Crippen LogP contribution in [0.25, 0.3) is 10.8 Å². The lowest BCUT2D eigenvalue weighted by molar-refractivity contribution is 0.749. The molecule has 0 unspecified atom stereocenters. The van der Waals surface area contributed by atoms with Gasteiger partial charge in [-0.3, -0.25) is 0 Å². The normalized spacial score (nSPS) is 18.0. The second-order valence-electron chi connectivity index (χ2n) is 4.14. The van der Waals surface area contributed by atoms with E-state index >= 15 is 0 Å². The fraction of sp³-hybridized carbons (Fsp3) is 0.231. The van der Waals surface area contributed by atoms with E-state index in [-0.39, 0.29) is 0 Å². The van der Waals surface area contributed by atoms with E-state index in [9.17, 15) is 0 Å². The molecule has 0 atom stereocenters. The zero-order valence-corrected chi connectivity index (χ0v) is 9.65. The number of rotatable bonds is 0. The van der Waals surface area contributed by atoms with Crippen molar-refractivity contribution >= 4 is 34.0 Å². The molecule has 0 N–H and O–H groups in total. The van der Waals surface area contributed by atoms with Gasteiger partial charge in [0.15, 0.2) is 0 Å². The van der Waals surface area contributed by atoms with Crippen molar-refractivity contribution in [3.05, 3.63) is 47.5 Å². The SMILES string of the molecule is ClC1(Cl)Cc2cccc3cccc(c23)C1. The molecule has 0 saturated heterocycles. The van der Waals surface area contributed by atoms with Crippen LogP contribution < -0.4 is 0 Å². The first-order chi connectivity index (χ1) is 7.16. The van der Waals surface area contributed by atoms with E-state index in [2.05, 4.69) is 36.4 Å². The van der Waals surface area contributed by atoms with Crippen molar-refractivity contribution in [2.24, 2.45) is 0 Å². The van der Waals surface area contributed by atoms with Gasteiger partial charge in [-0.2, -0.15) is 0 Å². The molecule has 2 aromatic rings. The summed E-state index contributed by atoms with van der Waals surface area (Å²) in [4.78, 5) is 0. The average Bonchev–Trinajstić information content (AvgIpc) is 2.16. The highest BCUT2D eigenvalue weighted by Crippen LogP contribution is 2.39. The third kappa shape index (κ3) is 1.53. The van der Waals surface area contributed by atoms with Crippen molar-refractivity contribution in [2.45, 2.75) is 17.2 Å². The molecule has 0 aromatic heterocycles. The molecule has 3 rings (SSSR count). The Balaban J connectivity index is 2.36. The standard InChI is InChI=1S/C13H10Cl2/c14-13(15)7-10-5-1-3-9-4-2-6-11(8-13)12(9)10/h1-6H,7-8H2. The molecule has 0 nitrogen and oxygen atoms in total. The van der Waals surface area contributed by atoms with E-state index < -0.39 is 4.33 Å². The summed E-state index contributed by atoms with van der Waals surface area (Å²) in [6, 6.07) is 12.6. The molecule has 0 saturated carbocycles. The van der Waals surface area contributed by atoms with E-state index in [1.54, 1.807) is 0 Å². The molecule has 2 heteroatoms. The van der Waals surface area contributed by atoms with E-state index in [1.807, 2.05) is 0 Å². The Labute approximate surface area is 98.8 Å². The lowest BCUT2D eigenvalue weighted by atomic mass is 9.88. The summed E-state index contributed by atoms with van der Waals surface area (Å²) in [6.07, 6.45) is 1.48. The molecule has 1 aliphatic carbocycles. The minimum atomic E-state index is -0.636. The van der Waals surface area contributed by atoms with Crippen molar-refractivity contribution in [3.63, 3.8) is 0 Å². The van der Waals surface area contributed by atoms with Gasteiger partial charge in [0.05, 0.1) is 0 Å². The zero-order valence-electron chi connectivity index (χ0n) is 8.13. The Bertz CT molecular complexity index is 486. The Kier molecular flexibility index (Phi) is 1.99. The highest BCUT2D eigenvalue weighted by atomic mass is 35.5. The number of benzene rings is 2. The maximum atomic E-state index is 6.25. The highest BCUT2D eigenvalue weighted by Gasteiger charge is 2.30. The Morgan fingerprint density at radius 2 is 1.40 bits per heavy atom. The molecule has 0 aliphatic heterocycles. The minimum absolute atomic E-state index is 0.636. The molecule has 0 spiro atoms. The van der Waals surface area contributed by atoms with Gasteiger partial charge in [0.1, 0.15) is 4.33 Å². The maximum Gasteiger partial charge on any atom is 0.126 e. The molecule has 0 bridgehead atoms. The van der Waals surface area contributed by atoms with Gasteiger partial charge in [-0.25, -0.2) is 0 Å². The first-order valence-electron chi connectivity index (χ1n) is 5.03. The Morgan fingerprint density at radius 3 is 1.93 bits per heavy atom. The molecular weight excluding hydrogens is 227 g/mol. The predicted octanol–water partition coefficient (Wildman–Crippen LogP) is 4.11. The lowest BCUT2D eigenvalue weighted by Crippen LogP contribution is -2.24. The average molecular weight is 237 g/mol. The molecular formula is C13H10Cl2. The predicted molar refractivity (Wildman–Crippen MR) is 65.8 cm³/mol. The van der Waals surface area contributed by atoms with Crippen LogP contribution in [0.4, 0.5) is 0 Å². The lowest BCUT2D eigenvalue weighted by Gasteiger charge is -2.27. The van der Waals surface area contributed by atoms with Gasteiger partial charge in [-0.1, -0.05) is 36.4 Å². The Hall–Kier alpha value is -0.720. The van der Waals surface area contributed by atoms with Gasteiger partial charge in [0.25, 0.3) is 0 Å². The van der Waals surface area contributed by atoms with Gasteiger partial charge in [-0.05, 0) is 21.9 Å². The van der Waals surface area contributed by atoms with Gasteiger partial charge in [-0.15, -0.1) is 23.2 Å². The zero-order chi connectivity index (χ0) is 10.5. The Morgan fingerprint density at radius 1 is 0.867 bits per heavy atom. The minimum Gasteiger partial charge on any atom is -0.101 e. The topological polar surface area (TPSA) is 0 Å². The second-order valence-corrected chi connectivity index (χ2v) is 5.78. The number of halogens is 2. The fourth-order valence-corrected chi connectivity index (χ4v) is 2.99. The van der Waals surface area contributed by atoms with Gasteiger partial charge in [0, 0.05) is 12.8 Å². The summed E-state index contributed by atoms with van der Waals surface area (Å²) < 4.78 is -0.636. The van der Waals surface area contributed by atoms with Crippen LogP contribution in [0, 0.1) is 0 Å². The van der Waals surface area contributed by atoms with Gasteiger partial charge < -0.3 is 0 Å². The molecule has 0 amide bonds. The van der Waals surface area contributed by atoms with Crippen LogP contribution in [0.15, 0.2) is 36.4 Å². The molecule has 76 valence electrons. The quantitative estimate of drug-likeness (QED) is 0.605. The van der Waals surface area contributed by atoms with Crippen LogP contribution in [0.2, 0.25) is 0 Å². The molecule has 1 aliphatic rings. The summed E-state index contributed by atoms with van der Waals surface area (Å²) in [5.74, 6) is 0. The third-order valence-corrected chi connectivity index (χ3v) is 3.51. The van der Waals surface area contributed by atoms with E-state index in [0.29, 0.717) is 0 Å². The summed E-state index contributed by atoms with van der Waals surface area (Å²) in [6.45, 7) is 0. The van der Waals surface area contributed by atoms with Crippen LogP contribution in [0.5, 0.6) is 0 Å². The smallest absolute Gasteiger partial charge is 0.101 e. The van der Waals surface area contributed by atoms with Gasteiger partial charge >= 0.3 is 0 Å². The first-order valence-corrected chi connectivity index (χ1v) is 5.79.